The highest BCUT2D eigenvalue weighted by Crippen LogP contribution is 2.48. The van der Waals surface area contributed by atoms with Gasteiger partial charge in [0.05, 0.1) is 35.3 Å². The first-order valence-electron chi connectivity index (χ1n) is 8.02. The molecule has 0 unspecified atom stereocenters. The number of thioether (sulfide) groups is 1. The summed E-state index contributed by atoms with van der Waals surface area (Å²) in [5, 5.41) is 11.8. The molecule has 144 valence electrons. The van der Waals surface area contributed by atoms with E-state index in [4.69, 9.17) is 10.5 Å². The van der Waals surface area contributed by atoms with Crippen LogP contribution in [0.1, 0.15) is 10.8 Å². The summed E-state index contributed by atoms with van der Waals surface area (Å²) < 4.78 is 4.72. The van der Waals surface area contributed by atoms with Gasteiger partial charge in [-0.05, 0) is 11.4 Å². The van der Waals surface area contributed by atoms with Crippen molar-refractivity contribution < 1.29 is 19.1 Å². The fraction of sp³-hybridized carbons (Fsp3) is 0.222. The molecular weight excluding hydrogens is 400 g/mol. The molecule has 2 aliphatic heterocycles. The van der Waals surface area contributed by atoms with Crippen molar-refractivity contribution in [1.82, 2.24) is 9.80 Å². The number of methoxy groups -OCH3 is 1. The average Bonchev–Trinajstić information content (AvgIpc) is 3.20. The predicted molar refractivity (Wildman–Crippen MR) is 104 cm³/mol. The zero-order valence-corrected chi connectivity index (χ0v) is 16.9. The Bertz CT molecular complexity index is 999. The van der Waals surface area contributed by atoms with Crippen molar-refractivity contribution in [1.29, 1.82) is 5.26 Å². The third-order valence-electron chi connectivity index (χ3n) is 4.18. The number of ether oxygens (including phenoxy) is 1. The molecule has 0 saturated carbocycles. The standard InChI is InChI=1S/C18H16N4O4S2/c1-21(2)16(24)14-13(10-5-4-6-27-10)9(8-19)15(20)22-12(23)7-11(18(25)26-3)28-17(14)22/h4-7,13H,20H2,1-3H3/t13-/m1/s1. The van der Waals surface area contributed by atoms with E-state index in [1.165, 1.54) is 23.3 Å². The van der Waals surface area contributed by atoms with E-state index < -0.39 is 17.8 Å². The smallest absolute Gasteiger partial charge is 0.344 e. The molecule has 1 atom stereocenters. The number of nitrogens with two attached hydrogens (primary N) is 1. The molecule has 1 aromatic heterocycles. The van der Waals surface area contributed by atoms with Gasteiger partial charge in [-0.15, -0.1) is 11.3 Å². The third kappa shape index (κ3) is 3.08. The zero-order chi connectivity index (χ0) is 20.6. The molecule has 0 aliphatic carbocycles. The first-order valence-corrected chi connectivity index (χ1v) is 9.72. The summed E-state index contributed by atoms with van der Waals surface area (Å²) >= 11 is 2.30. The Morgan fingerprint density at radius 1 is 1.39 bits per heavy atom. The van der Waals surface area contributed by atoms with Gasteiger partial charge in [0.2, 0.25) is 0 Å². The second-order valence-electron chi connectivity index (χ2n) is 6.05. The molecule has 0 radical (unpaired) electrons. The summed E-state index contributed by atoms with van der Waals surface area (Å²) in [6, 6.07) is 5.66. The van der Waals surface area contributed by atoms with Crippen LogP contribution in [0.2, 0.25) is 0 Å². The van der Waals surface area contributed by atoms with E-state index in [1.807, 2.05) is 5.38 Å². The molecule has 1 aromatic rings. The van der Waals surface area contributed by atoms with Crippen molar-refractivity contribution in [2.24, 2.45) is 5.73 Å². The SMILES string of the molecule is COC(=O)C1=CC(=O)N2C(N)=C(C#N)[C@H](c3cccs3)C(C(=O)N(C)C)=C2S1. The Labute approximate surface area is 169 Å². The average molecular weight is 416 g/mol. The topological polar surface area (TPSA) is 117 Å². The quantitative estimate of drug-likeness (QED) is 0.742. The Kier molecular flexibility index (Phi) is 5.31. The van der Waals surface area contributed by atoms with Gasteiger partial charge in [-0.25, -0.2) is 4.79 Å². The molecule has 0 spiro atoms. The van der Waals surface area contributed by atoms with Crippen LogP contribution in [0.3, 0.4) is 0 Å². The van der Waals surface area contributed by atoms with Crippen molar-refractivity contribution in [3.63, 3.8) is 0 Å². The van der Waals surface area contributed by atoms with Crippen molar-refractivity contribution >= 4 is 40.9 Å². The summed E-state index contributed by atoms with van der Waals surface area (Å²) in [7, 11) is 4.36. The number of likely N-dealkylation sites (N-methyl/N-ethyl adjacent to an activating group) is 1. The molecule has 2 N–H and O–H groups in total. The van der Waals surface area contributed by atoms with Gasteiger partial charge < -0.3 is 15.4 Å². The molecule has 3 heterocycles. The van der Waals surface area contributed by atoms with E-state index in [2.05, 4.69) is 6.07 Å². The second-order valence-corrected chi connectivity index (χ2v) is 8.06. The van der Waals surface area contributed by atoms with Crippen LogP contribution in [0.15, 0.2) is 50.5 Å². The van der Waals surface area contributed by atoms with Gasteiger partial charge in [0.15, 0.2) is 0 Å². The Hall–Kier alpha value is -3.03. The van der Waals surface area contributed by atoms with Gasteiger partial charge in [0.1, 0.15) is 10.7 Å². The van der Waals surface area contributed by atoms with Gasteiger partial charge >= 0.3 is 5.97 Å². The van der Waals surface area contributed by atoms with Crippen molar-refractivity contribution in [2.45, 2.75) is 5.92 Å². The molecule has 2 amide bonds. The van der Waals surface area contributed by atoms with Crippen LogP contribution in [0.5, 0.6) is 0 Å². The molecule has 0 bridgehead atoms. The minimum absolute atomic E-state index is 0.0425. The number of thiophene rings is 1. The molecule has 3 rings (SSSR count). The highest BCUT2D eigenvalue weighted by molar-refractivity contribution is 8.07. The van der Waals surface area contributed by atoms with Gasteiger partial charge in [-0.2, -0.15) is 5.26 Å². The maximum absolute atomic E-state index is 13.1. The van der Waals surface area contributed by atoms with Gasteiger partial charge in [0.25, 0.3) is 11.8 Å². The third-order valence-corrected chi connectivity index (χ3v) is 6.22. The maximum atomic E-state index is 13.1. The Morgan fingerprint density at radius 3 is 2.64 bits per heavy atom. The number of nitrogens with zero attached hydrogens (tertiary/aromatic N) is 3. The molecule has 0 saturated heterocycles. The number of carbonyl (C=O) groups is 3. The number of nitriles is 1. The fourth-order valence-electron chi connectivity index (χ4n) is 2.91. The minimum atomic E-state index is -0.733. The van der Waals surface area contributed by atoms with Gasteiger partial charge in [0, 0.05) is 25.0 Å². The number of hydrogen-bond donors (Lipinski definition) is 1. The van der Waals surface area contributed by atoms with E-state index in [0.29, 0.717) is 0 Å². The summed E-state index contributed by atoms with van der Waals surface area (Å²) in [5.41, 5.74) is 6.50. The predicted octanol–water partition coefficient (Wildman–Crippen LogP) is 1.47. The van der Waals surface area contributed by atoms with Crippen molar-refractivity contribution in [2.75, 3.05) is 21.2 Å². The molecule has 0 fully saturated rings. The molecule has 0 aromatic carbocycles. The number of hydrogen-bond acceptors (Lipinski definition) is 8. The first-order chi connectivity index (χ1) is 13.3. The summed E-state index contributed by atoms with van der Waals surface area (Å²) in [5.74, 6) is -2.48. The van der Waals surface area contributed by atoms with Gasteiger partial charge in [-0.1, -0.05) is 17.8 Å². The monoisotopic (exact) mass is 416 g/mol. The van der Waals surface area contributed by atoms with E-state index in [1.54, 1.807) is 26.2 Å². The van der Waals surface area contributed by atoms with Crippen LogP contribution in [0.4, 0.5) is 0 Å². The van der Waals surface area contributed by atoms with Crippen LogP contribution in [0, 0.1) is 11.3 Å². The second kappa shape index (κ2) is 7.53. The Morgan fingerprint density at radius 2 is 2.11 bits per heavy atom. The van der Waals surface area contributed by atoms with Crippen molar-refractivity contribution in [3.05, 3.63) is 55.4 Å². The highest BCUT2D eigenvalue weighted by atomic mass is 32.2. The number of allylic oxidation sites excluding steroid dienone is 1. The highest BCUT2D eigenvalue weighted by Gasteiger charge is 2.44. The van der Waals surface area contributed by atoms with E-state index in [0.717, 1.165) is 27.6 Å². The first kappa shape index (κ1) is 19.7. The lowest BCUT2D eigenvalue weighted by atomic mass is 9.86. The summed E-state index contributed by atoms with van der Waals surface area (Å²) in [4.78, 5) is 41.1. The zero-order valence-electron chi connectivity index (χ0n) is 15.3. The van der Waals surface area contributed by atoms with E-state index in [-0.39, 0.29) is 32.8 Å². The molecule has 8 nitrogen and oxygen atoms in total. The lowest BCUT2D eigenvalue weighted by Crippen LogP contribution is -2.42. The molecule has 28 heavy (non-hydrogen) atoms. The van der Waals surface area contributed by atoms with Crippen LogP contribution in [-0.4, -0.2) is 48.8 Å². The van der Waals surface area contributed by atoms with E-state index in [9.17, 15) is 19.6 Å². The van der Waals surface area contributed by atoms with Crippen molar-refractivity contribution in [3.8, 4) is 6.07 Å². The molecule has 10 heteroatoms. The Balaban J connectivity index is 2.31. The van der Waals surface area contributed by atoms with Crippen LogP contribution >= 0.6 is 23.1 Å². The largest absolute Gasteiger partial charge is 0.465 e. The lowest BCUT2D eigenvalue weighted by Gasteiger charge is -2.37. The molecule has 2 aliphatic rings. The summed E-state index contributed by atoms with van der Waals surface area (Å²) in [6.07, 6.45) is 1.09. The van der Waals surface area contributed by atoms with Gasteiger partial charge in [-0.3, -0.25) is 14.5 Å². The minimum Gasteiger partial charge on any atom is -0.465 e. The number of amides is 2. The normalized spacial score (nSPS) is 19.1. The number of carbonyl (C=O) groups excluding carboxylic acids is 3. The number of esters is 1. The van der Waals surface area contributed by atoms with Crippen LogP contribution < -0.4 is 5.73 Å². The summed E-state index contributed by atoms with van der Waals surface area (Å²) in [6.45, 7) is 0. The van der Waals surface area contributed by atoms with Crippen LogP contribution in [-0.2, 0) is 19.1 Å². The lowest BCUT2D eigenvalue weighted by molar-refractivity contribution is -0.135. The fourth-order valence-corrected chi connectivity index (χ4v) is 4.89. The number of fused-ring (bicyclic) bond motifs is 1. The molecular formula is C18H16N4O4S2. The maximum Gasteiger partial charge on any atom is 0.344 e. The van der Waals surface area contributed by atoms with E-state index >= 15 is 0 Å². The number of rotatable bonds is 3. The van der Waals surface area contributed by atoms with Crippen LogP contribution in [0.25, 0.3) is 0 Å².